The van der Waals surface area contributed by atoms with Gasteiger partial charge in [-0.25, -0.2) is 0 Å². The van der Waals surface area contributed by atoms with Gasteiger partial charge in [-0.2, -0.15) is 0 Å². The summed E-state index contributed by atoms with van der Waals surface area (Å²) in [5.74, 6) is -1.33. The molecule has 0 aromatic carbocycles. The van der Waals surface area contributed by atoms with Crippen molar-refractivity contribution in [2.75, 3.05) is 13.2 Å². The molecule has 8 rings (SSSR count). The molecule has 2 bridgehead atoms. The van der Waals surface area contributed by atoms with Crippen LogP contribution >= 0.6 is 0 Å². The van der Waals surface area contributed by atoms with E-state index in [0.717, 1.165) is 44.9 Å². The van der Waals surface area contributed by atoms with E-state index in [1.807, 2.05) is 0 Å². The van der Waals surface area contributed by atoms with Crippen molar-refractivity contribution in [3.05, 3.63) is 0 Å². The highest BCUT2D eigenvalue weighted by molar-refractivity contribution is 5.66. The molecule has 8 fully saturated rings. The minimum absolute atomic E-state index is 0.0248. The van der Waals surface area contributed by atoms with E-state index in [0.29, 0.717) is 25.4 Å². The number of hydrogen-bond acceptors (Lipinski definition) is 11. The fourth-order valence-corrected chi connectivity index (χ4v) is 14.1. The van der Waals surface area contributed by atoms with Gasteiger partial charge in [0, 0.05) is 30.1 Å². The molecule has 11 heteroatoms. The summed E-state index contributed by atoms with van der Waals surface area (Å²) in [7, 11) is 0. The standard InChI is InChI=1S/C37H58O11/c1-19(38)46-26-27-32(6)12-15-37(48-32,31(4,5)43)45-18-36(27)14-13-35-17-34(35)11-10-23(47-29-25(41)24(40)20(39)16-44-29)30(2,3)21(34)8-9-22(35)33(36,7)28(26)42/h20-29,39-43H,8-18H2,1-7H3/t20-,21-,22-,23+,24+,25-,26+,27-,28-,29+,32+,33-,34-,35+,36+,37+/m1/s1. The zero-order valence-corrected chi connectivity index (χ0v) is 29.7. The number of rotatable bonds is 4. The number of esters is 1. The predicted molar refractivity (Wildman–Crippen MR) is 170 cm³/mol. The van der Waals surface area contributed by atoms with Crippen molar-refractivity contribution in [2.24, 2.45) is 44.8 Å². The van der Waals surface area contributed by atoms with Crippen LogP contribution in [0.1, 0.15) is 106 Å². The van der Waals surface area contributed by atoms with E-state index < -0.39 is 70.6 Å². The predicted octanol–water partition coefficient (Wildman–Crippen LogP) is 2.81. The second-order valence-electron chi connectivity index (χ2n) is 18.9. The van der Waals surface area contributed by atoms with E-state index in [-0.39, 0.29) is 40.8 Å². The molecule has 0 aromatic heterocycles. The first kappa shape index (κ1) is 34.2. The van der Waals surface area contributed by atoms with Gasteiger partial charge in [0.1, 0.15) is 30.0 Å². The van der Waals surface area contributed by atoms with Crippen LogP contribution in [0.4, 0.5) is 0 Å². The summed E-state index contributed by atoms with van der Waals surface area (Å²) in [6.07, 6.45) is 1.09. The Morgan fingerprint density at radius 1 is 0.854 bits per heavy atom. The number of aliphatic hydroxyl groups excluding tert-OH is 4. The summed E-state index contributed by atoms with van der Waals surface area (Å²) in [5.41, 5.74) is -3.27. The second kappa shape index (κ2) is 10.2. The second-order valence-corrected chi connectivity index (χ2v) is 18.9. The van der Waals surface area contributed by atoms with Crippen molar-refractivity contribution < 1.29 is 54.0 Å². The lowest BCUT2D eigenvalue weighted by atomic mass is 9.41. The first-order valence-electron chi connectivity index (χ1n) is 18.5. The molecule has 272 valence electrons. The number of fused-ring (bicyclic) bond motifs is 4. The van der Waals surface area contributed by atoms with Crippen molar-refractivity contribution in [3.8, 4) is 0 Å². The molecule has 0 aromatic rings. The highest BCUT2D eigenvalue weighted by atomic mass is 16.7. The highest BCUT2D eigenvalue weighted by Crippen LogP contribution is 2.89. The molecule has 3 spiro atoms. The van der Waals surface area contributed by atoms with Crippen molar-refractivity contribution in [1.82, 2.24) is 0 Å². The van der Waals surface area contributed by atoms with Gasteiger partial charge >= 0.3 is 5.97 Å². The molecular weight excluding hydrogens is 620 g/mol. The van der Waals surface area contributed by atoms with Gasteiger partial charge in [-0.15, -0.1) is 0 Å². The van der Waals surface area contributed by atoms with Gasteiger partial charge in [0.15, 0.2) is 12.1 Å². The van der Waals surface area contributed by atoms with Gasteiger partial charge in [0.25, 0.3) is 0 Å². The molecule has 11 nitrogen and oxygen atoms in total. The van der Waals surface area contributed by atoms with Gasteiger partial charge in [0.2, 0.25) is 0 Å². The quantitative estimate of drug-likeness (QED) is 0.219. The number of ether oxygens (including phenoxy) is 5. The van der Waals surface area contributed by atoms with Crippen LogP contribution < -0.4 is 0 Å². The Morgan fingerprint density at radius 2 is 1.52 bits per heavy atom. The molecule has 0 radical (unpaired) electrons. The number of carbonyl (C=O) groups is 1. The Labute approximate surface area is 284 Å². The van der Waals surface area contributed by atoms with Crippen LogP contribution in [-0.4, -0.2) is 105 Å². The SMILES string of the molecule is CC(=O)O[C@@H]1[C@@H](O)[C@@]2(C)[C@H]3CC[C@@H]4C(C)(C)[C@@H](O[C@@H]5OC[C@@H](O)[C@H](O)[C@H]5O)CC[C@@]45C[C@@]35CC[C@@]23CO[C@@]2(C(C)(C)O)CC[C@](C)(O2)[C@@H]13. The molecule has 3 aliphatic heterocycles. The molecule has 3 heterocycles. The van der Waals surface area contributed by atoms with E-state index in [1.165, 1.54) is 6.92 Å². The summed E-state index contributed by atoms with van der Waals surface area (Å²) in [4.78, 5) is 12.7. The third-order valence-corrected chi connectivity index (χ3v) is 16.4. The van der Waals surface area contributed by atoms with Crippen LogP contribution in [0.25, 0.3) is 0 Å². The maximum atomic E-state index is 12.7. The first-order chi connectivity index (χ1) is 22.3. The molecule has 5 aliphatic carbocycles. The summed E-state index contributed by atoms with van der Waals surface area (Å²) in [6.45, 7) is 14.0. The molecule has 3 saturated heterocycles. The third-order valence-electron chi connectivity index (χ3n) is 16.4. The van der Waals surface area contributed by atoms with E-state index in [4.69, 9.17) is 23.7 Å². The van der Waals surface area contributed by atoms with Gasteiger partial charge < -0.3 is 49.2 Å². The first-order valence-corrected chi connectivity index (χ1v) is 18.5. The fraction of sp³-hybridized carbons (Fsp3) is 0.973. The summed E-state index contributed by atoms with van der Waals surface area (Å²) in [5, 5.41) is 54.9. The Morgan fingerprint density at radius 3 is 2.21 bits per heavy atom. The van der Waals surface area contributed by atoms with Gasteiger partial charge in [0.05, 0.1) is 31.0 Å². The minimum Gasteiger partial charge on any atom is -0.459 e. The van der Waals surface area contributed by atoms with Crippen molar-refractivity contribution in [1.29, 1.82) is 0 Å². The minimum atomic E-state index is -1.32. The van der Waals surface area contributed by atoms with Gasteiger partial charge in [-0.1, -0.05) is 20.8 Å². The fourth-order valence-electron chi connectivity index (χ4n) is 14.1. The number of aliphatic hydroxyl groups is 5. The van der Waals surface area contributed by atoms with Crippen molar-refractivity contribution >= 4 is 5.97 Å². The third kappa shape index (κ3) is 3.95. The normalized spacial score (nSPS) is 58.1. The lowest BCUT2D eigenvalue weighted by Gasteiger charge is -2.64. The lowest BCUT2D eigenvalue weighted by Crippen LogP contribution is -2.63. The molecule has 8 aliphatic rings. The van der Waals surface area contributed by atoms with E-state index in [1.54, 1.807) is 13.8 Å². The van der Waals surface area contributed by atoms with Crippen LogP contribution in [0.15, 0.2) is 0 Å². The Hall–Kier alpha value is -0.890. The lowest BCUT2D eigenvalue weighted by molar-refractivity contribution is -0.317. The van der Waals surface area contributed by atoms with Crippen LogP contribution in [0.2, 0.25) is 0 Å². The highest BCUT2D eigenvalue weighted by Gasteiger charge is 2.87. The van der Waals surface area contributed by atoms with Crippen molar-refractivity contribution in [3.63, 3.8) is 0 Å². The Balaban J connectivity index is 1.13. The summed E-state index contributed by atoms with van der Waals surface area (Å²) in [6, 6.07) is 0. The van der Waals surface area contributed by atoms with E-state index in [9.17, 15) is 30.3 Å². The van der Waals surface area contributed by atoms with E-state index >= 15 is 0 Å². The molecule has 5 N–H and O–H groups in total. The molecule has 5 saturated carbocycles. The topological polar surface area (TPSA) is 164 Å². The molecule has 0 amide bonds. The molecule has 16 atom stereocenters. The van der Waals surface area contributed by atoms with Gasteiger partial charge in [-0.3, -0.25) is 4.79 Å². The average Bonchev–Trinajstić information content (AvgIpc) is 3.50. The van der Waals surface area contributed by atoms with Gasteiger partial charge in [-0.05, 0) is 100 Å². The Bertz CT molecular complexity index is 1350. The van der Waals surface area contributed by atoms with Crippen LogP contribution in [-0.2, 0) is 28.5 Å². The number of hydrogen-bond donors (Lipinski definition) is 5. The van der Waals surface area contributed by atoms with Crippen molar-refractivity contribution in [2.45, 2.75) is 166 Å². The average molecular weight is 679 g/mol. The summed E-state index contributed by atoms with van der Waals surface area (Å²) < 4.78 is 31.9. The van der Waals surface area contributed by atoms with E-state index in [2.05, 4.69) is 27.7 Å². The van der Waals surface area contributed by atoms with Crippen LogP contribution in [0, 0.1) is 44.8 Å². The smallest absolute Gasteiger partial charge is 0.303 e. The maximum Gasteiger partial charge on any atom is 0.303 e. The molecular formula is C37H58O11. The molecule has 0 unspecified atom stereocenters. The Kier molecular flexibility index (Phi) is 7.24. The molecule has 48 heavy (non-hydrogen) atoms. The maximum absolute atomic E-state index is 12.7. The van der Waals surface area contributed by atoms with Crippen LogP contribution in [0.3, 0.4) is 0 Å². The summed E-state index contributed by atoms with van der Waals surface area (Å²) >= 11 is 0. The zero-order chi connectivity index (χ0) is 34.7. The monoisotopic (exact) mass is 678 g/mol. The van der Waals surface area contributed by atoms with Crippen LogP contribution in [0.5, 0.6) is 0 Å². The zero-order valence-electron chi connectivity index (χ0n) is 29.7. The number of carbonyl (C=O) groups excluding carboxylic acids is 1. The largest absolute Gasteiger partial charge is 0.459 e.